The van der Waals surface area contributed by atoms with E-state index in [1.165, 1.54) is 0 Å². The molecular formula is C39H25N5. The Kier molecular flexibility index (Phi) is 6.39. The van der Waals surface area contributed by atoms with Gasteiger partial charge < -0.3 is 0 Å². The van der Waals surface area contributed by atoms with Crippen LogP contribution >= 0.6 is 0 Å². The van der Waals surface area contributed by atoms with Gasteiger partial charge in [-0.2, -0.15) is 0 Å². The summed E-state index contributed by atoms with van der Waals surface area (Å²) < 4.78 is 0. The molecule has 0 unspecified atom stereocenters. The van der Waals surface area contributed by atoms with E-state index in [1.54, 1.807) is 0 Å². The fraction of sp³-hybridized carbons (Fsp3) is 0. The molecule has 5 heteroatoms. The molecule has 0 saturated heterocycles. The van der Waals surface area contributed by atoms with Gasteiger partial charge in [-0.1, -0.05) is 140 Å². The van der Waals surface area contributed by atoms with Crippen molar-refractivity contribution in [3.05, 3.63) is 152 Å². The predicted molar refractivity (Wildman–Crippen MR) is 178 cm³/mol. The highest BCUT2D eigenvalue weighted by atomic mass is 15.0. The molecule has 0 aliphatic rings. The molecule has 44 heavy (non-hydrogen) atoms. The third kappa shape index (κ3) is 4.76. The Labute approximate surface area is 254 Å². The van der Waals surface area contributed by atoms with Crippen LogP contribution in [0.15, 0.2) is 152 Å². The second-order valence-corrected chi connectivity index (χ2v) is 10.6. The molecule has 206 valence electrons. The maximum atomic E-state index is 5.16. The Morgan fingerprint density at radius 3 is 1.39 bits per heavy atom. The molecule has 8 rings (SSSR count). The van der Waals surface area contributed by atoms with Gasteiger partial charge in [0.25, 0.3) is 0 Å². The summed E-state index contributed by atoms with van der Waals surface area (Å²) in [6.45, 7) is 0. The largest absolute Gasteiger partial charge is 0.227 e. The van der Waals surface area contributed by atoms with Crippen molar-refractivity contribution in [1.82, 2.24) is 24.9 Å². The van der Waals surface area contributed by atoms with Crippen LogP contribution in [0.2, 0.25) is 0 Å². The summed E-state index contributed by atoms with van der Waals surface area (Å²) in [4.78, 5) is 25.0. The van der Waals surface area contributed by atoms with Crippen LogP contribution in [-0.4, -0.2) is 24.9 Å². The smallest absolute Gasteiger partial charge is 0.164 e. The first-order chi connectivity index (χ1) is 21.8. The SMILES string of the molecule is c1ccc(-c2nc(-c3ccccc3)nc(-c3cccc(-c4nc(-c5ccccc5)c5ccc6ccccc6c5n4)c3)n2)cc1. The highest BCUT2D eigenvalue weighted by Gasteiger charge is 2.16. The molecule has 0 aliphatic heterocycles. The first kappa shape index (κ1) is 25.6. The Hall–Kier alpha value is -6.07. The van der Waals surface area contributed by atoms with Gasteiger partial charge in [-0.25, -0.2) is 24.9 Å². The molecule has 0 amide bonds. The zero-order valence-electron chi connectivity index (χ0n) is 23.7. The van der Waals surface area contributed by atoms with Crippen LogP contribution in [0.4, 0.5) is 0 Å². The third-order valence-corrected chi connectivity index (χ3v) is 7.72. The summed E-state index contributed by atoms with van der Waals surface area (Å²) in [6, 6.07) is 51.1. The van der Waals surface area contributed by atoms with Gasteiger partial charge in [-0.15, -0.1) is 0 Å². The first-order valence-electron chi connectivity index (χ1n) is 14.5. The zero-order valence-corrected chi connectivity index (χ0v) is 23.7. The second kappa shape index (κ2) is 11.0. The lowest BCUT2D eigenvalue weighted by Crippen LogP contribution is -2.00. The summed E-state index contributed by atoms with van der Waals surface area (Å²) in [6.07, 6.45) is 0. The molecule has 0 bridgehead atoms. The van der Waals surface area contributed by atoms with E-state index in [4.69, 9.17) is 24.9 Å². The van der Waals surface area contributed by atoms with Gasteiger partial charge in [0.1, 0.15) is 0 Å². The second-order valence-electron chi connectivity index (χ2n) is 10.6. The van der Waals surface area contributed by atoms with Gasteiger partial charge in [0.05, 0.1) is 11.2 Å². The summed E-state index contributed by atoms with van der Waals surface area (Å²) >= 11 is 0. The minimum Gasteiger partial charge on any atom is -0.227 e. The third-order valence-electron chi connectivity index (χ3n) is 7.72. The van der Waals surface area contributed by atoms with Crippen molar-refractivity contribution in [2.75, 3.05) is 0 Å². The van der Waals surface area contributed by atoms with Gasteiger partial charge in [-0.3, -0.25) is 0 Å². The summed E-state index contributed by atoms with van der Waals surface area (Å²) in [5.41, 5.74) is 6.49. The maximum absolute atomic E-state index is 5.16. The van der Waals surface area contributed by atoms with Crippen molar-refractivity contribution in [2.45, 2.75) is 0 Å². The highest BCUT2D eigenvalue weighted by Crippen LogP contribution is 2.34. The normalized spacial score (nSPS) is 11.2. The van der Waals surface area contributed by atoms with Crippen LogP contribution < -0.4 is 0 Å². The number of fused-ring (bicyclic) bond motifs is 3. The number of aromatic nitrogens is 5. The van der Waals surface area contributed by atoms with Crippen molar-refractivity contribution in [1.29, 1.82) is 0 Å². The predicted octanol–water partition coefficient (Wildman–Crippen LogP) is 9.30. The molecule has 8 aromatic rings. The summed E-state index contributed by atoms with van der Waals surface area (Å²) in [5.74, 6) is 2.49. The van der Waals surface area contributed by atoms with Crippen molar-refractivity contribution in [2.24, 2.45) is 0 Å². The Balaban J connectivity index is 1.32. The monoisotopic (exact) mass is 563 g/mol. The van der Waals surface area contributed by atoms with Crippen molar-refractivity contribution < 1.29 is 0 Å². The molecular weight excluding hydrogens is 538 g/mol. The van der Waals surface area contributed by atoms with Crippen LogP contribution in [0.25, 0.3) is 78.5 Å². The van der Waals surface area contributed by atoms with Crippen molar-refractivity contribution in [3.8, 4) is 56.8 Å². The Bertz CT molecular complexity index is 2210. The topological polar surface area (TPSA) is 64.5 Å². The standard InChI is InChI=1S/C39H25N5/c1-4-14-27(15-5-1)34-33-24-23-26-13-10-11-22-32(26)35(33)41-38(40-34)30-20-12-21-31(25-30)39-43-36(28-16-6-2-7-17-28)42-37(44-39)29-18-8-3-9-19-29/h1-25H. The molecule has 0 atom stereocenters. The van der Waals surface area contributed by atoms with E-state index in [-0.39, 0.29) is 0 Å². The molecule has 0 aliphatic carbocycles. The van der Waals surface area contributed by atoms with Crippen molar-refractivity contribution >= 4 is 21.7 Å². The van der Waals surface area contributed by atoms with E-state index in [9.17, 15) is 0 Å². The van der Waals surface area contributed by atoms with Crippen LogP contribution in [0.1, 0.15) is 0 Å². The lowest BCUT2D eigenvalue weighted by Gasteiger charge is -2.12. The van der Waals surface area contributed by atoms with Gasteiger partial charge in [0.15, 0.2) is 23.3 Å². The lowest BCUT2D eigenvalue weighted by atomic mass is 10.0. The molecule has 5 nitrogen and oxygen atoms in total. The fourth-order valence-electron chi connectivity index (χ4n) is 5.54. The maximum Gasteiger partial charge on any atom is 0.164 e. The van der Waals surface area contributed by atoms with Gasteiger partial charge in [-0.05, 0) is 17.5 Å². The molecule has 0 spiro atoms. The van der Waals surface area contributed by atoms with E-state index in [2.05, 4.69) is 54.6 Å². The quantitative estimate of drug-likeness (QED) is 0.195. The van der Waals surface area contributed by atoms with E-state index in [1.807, 2.05) is 97.1 Å². The average Bonchev–Trinajstić information content (AvgIpc) is 3.12. The average molecular weight is 564 g/mol. The molecule has 0 saturated carbocycles. The lowest BCUT2D eigenvalue weighted by molar-refractivity contribution is 1.07. The summed E-state index contributed by atoms with van der Waals surface area (Å²) in [5, 5.41) is 3.26. The van der Waals surface area contributed by atoms with E-state index in [0.717, 1.165) is 55.2 Å². The highest BCUT2D eigenvalue weighted by molar-refractivity contribution is 6.09. The van der Waals surface area contributed by atoms with Crippen LogP contribution in [0.5, 0.6) is 0 Å². The Morgan fingerprint density at radius 2 is 0.773 bits per heavy atom. The molecule has 2 heterocycles. The minimum atomic E-state index is 0.592. The fourth-order valence-corrected chi connectivity index (χ4v) is 5.54. The molecule has 0 radical (unpaired) electrons. The van der Waals surface area contributed by atoms with E-state index >= 15 is 0 Å². The number of hydrogen-bond donors (Lipinski definition) is 0. The Morgan fingerprint density at radius 1 is 0.295 bits per heavy atom. The van der Waals surface area contributed by atoms with Gasteiger partial charge in [0.2, 0.25) is 0 Å². The molecule has 6 aromatic carbocycles. The van der Waals surface area contributed by atoms with E-state index in [0.29, 0.717) is 23.3 Å². The van der Waals surface area contributed by atoms with Crippen LogP contribution in [0.3, 0.4) is 0 Å². The van der Waals surface area contributed by atoms with Crippen LogP contribution in [0, 0.1) is 0 Å². The number of rotatable bonds is 5. The zero-order chi connectivity index (χ0) is 29.3. The first-order valence-corrected chi connectivity index (χ1v) is 14.5. The summed E-state index contributed by atoms with van der Waals surface area (Å²) in [7, 11) is 0. The van der Waals surface area contributed by atoms with Gasteiger partial charge >= 0.3 is 0 Å². The molecule has 2 aromatic heterocycles. The number of hydrogen-bond acceptors (Lipinski definition) is 5. The van der Waals surface area contributed by atoms with E-state index < -0.39 is 0 Å². The van der Waals surface area contributed by atoms with Crippen molar-refractivity contribution in [3.63, 3.8) is 0 Å². The minimum absolute atomic E-state index is 0.592. The molecule has 0 fully saturated rings. The number of nitrogens with zero attached hydrogens (tertiary/aromatic N) is 5. The molecule has 0 N–H and O–H groups in total. The van der Waals surface area contributed by atoms with Crippen LogP contribution in [-0.2, 0) is 0 Å². The number of benzene rings is 6. The van der Waals surface area contributed by atoms with Gasteiger partial charge in [0, 0.05) is 38.6 Å².